The zero-order valence-corrected chi connectivity index (χ0v) is 21.5. The Balaban J connectivity index is 1.70. The second kappa shape index (κ2) is 9.72. The van der Waals surface area contributed by atoms with E-state index in [0.717, 1.165) is 16.9 Å². The predicted molar refractivity (Wildman–Crippen MR) is 140 cm³/mol. The van der Waals surface area contributed by atoms with Crippen LogP contribution in [-0.2, 0) is 9.53 Å². The first-order chi connectivity index (χ1) is 17.4. The van der Waals surface area contributed by atoms with Crippen LogP contribution in [0, 0.1) is 6.92 Å². The minimum atomic E-state index is -0.646. The lowest BCUT2D eigenvalue weighted by Gasteiger charge is -2.24. The summed E-state index contributed by atoms with van der Waals surface area (Å²) in [4.78, 5) is 31.8. The molecule has 0 saturated carbocycles. The molecule has 4 aromatic rings. The summed E-state index contributed by atoms with van der Waals surface area (Å²) < 4.78 is 9.10. The highest BCUT2D eigenvalue weighted by molar-refractivity contribution is 7.07. The summed E-state index contributed by atoms with van der Waals surface area (Å²) in [6.07, 6.45) is 1.75. The van der Waals surface area contributed by atoms with E-state index in [-0.39, 0.29) is 12.2 Å². The van der Waals surface area contributed by atoms with Gasteiger partial charge < -0.3 is 4.74 Å². The molecule has 0 amide bonds. The number of halogens is 1. The average molecular weight is 519 g/mol. The fourth-order valence-electron chi connectivity index (χ4n) is 4.34. The number of allylic oxidation sites excluding steroid dienone is 1. The normalized spacial score (nSPS) is 15.6. The number of carbonyl (C=O) groups is 1. The molecule has 5 rings (SSSR count). The number of ether oxygens (including phenoxy) is 1. The molecular weight excluding hydrogens is 496 g/mol. The molecule has 9 heteroatoms. The van der Waals surface area contributed by atoms with Gasteiger partial charge in [0.2, 0.25) is 0 Å². The smallest absolute Gasteiger partial charge is 0.338 e. The number of thiazole rings is 1. The van der Waals surface area contributed by atoms with Crippen LogP contribution in [0.5, 0.6) is 0 Å². The first kappa shape index (κ1) is 24.0. The minimum Gasteiger partial charge on any atom is -0.463 e. The molecule has 0 aliphatic carbocycles. The van der Waals surface area contributed by atoms with Crippen molar-refractivity contribution in [3.63, 3.8) is 0 Å². The van der Waals surface area contributed by atoms with Gasteiger partial charge in [-0.15, -0.1) is 0 Å². The fraction of sp³-hybridized carbons (Fsp3) is 0.185. The molecule has 0 fully saturated rings. The Labute approximate surface area is 216 Å². The molecule has 7 nitrogen and oxygen atoms in total. The first-order valence-corrected chi connectivity index (χ1v) is 12.6. The second-order valence-electron chi connectivity index (χ2n) is 8.25. The van der Waals surface area contributed by atoms with Crippen LogP contribution in [0.15, 0.2) is 81.7 Å². The van der Waals surface area contributed by atoms with Gasteiger partial charge in [-0.25, -0.2) is 14.5 Å². The van der Waals surface area contributed by atoms with E-state index in [1.54, 1.807) is 29.2 Å². The third kappa shape index (κ3) is 4.12. The number of hydrogen-bond donors (Lipinski definition) is 0. The van der Waals surface area contributed by atoms with Crippen molar-refractivity contribution < 1.29 is 9.53 Å². The van der Waals surface area contributed by atoms with Crippen LogP contribution < -0.4 is 14.9 Å². The van der Waals surface area contributed by atoms with Crippen LogP contribution in [0.25, 0.3) is 11.8 Å². The van der Waals surface area contributed by atoms with Crippen molar-refractivity contribution in [3.8, 4) is 5.69 Å². The monoisotopic (exact) mass is 518 g/mol. The Kier molecular flexibility index (Phi) is 6.47. The van der Waals surface area contributed by atoms with E-state index in [0.29, 0.717) is 31.3 Å². The van der Waals surface area contributed by atoms with Gasteiger partial charge in [0, 0.05) is 5.56 Å². The van der Waals surface area contributed by atoms with Crippen molar-refractivity contribution in [3.05, 3.63) is 114 Å². The van der Waals surface area contributed by atoms with E-state index in [9.17, 15) is 9.59 Å². The highest BCUT2D eigenvalue weighted by Gasteiger charge is 2.33. The molecule has 0 saturated heterocycles. The maximum atomic E-state index is 13.8. The number of fused-ring (bicyclic) bond motifs is 1. The second-order valence-corrected chi connectivity index (χ2v) is 9.62. The third-order valence-corrected chi connectivity index (χ3v) is 7.29. The summed E-state index contributed by atoms with van der Waals surface area (Å²) >= 11 is 7.77. The molecular formula is C27H23ClN4O3S. The van der Waals surface area contributed by atoms with Crippen LogP contribution in [0.2, 0.25) is 5.15 Å². The Morgan fingerprint density at radius 3 is 2.44 bits per heavy atom. The number of hydrogen-bond acceptors (Lipinski definition) is 6. The van der Waals surface area contributed by atoms with E-state index in [1.807, 2.05) is 67.6 Å². The van der Waals surface area contributed by atoms with Crippen LogP contribution in [0.1, 0.15) is 36.7 Å². The summed E-state index contributed by atoms with van der Waals surface area (Å²) in [6.45, 7) is 5.65. The molecule has 0 bridgehead atoms. The summed E-state index contributed by atoms with van der Waals surface area (Å²) in [6, 6.07) is 18.5. The number of benzene rings is 2. The van der Waals surface area contributed by atoms with Gasteiger partial charge >= 0.3 is 5.97 Å². The molecule has 0 radical (unpaired) electrons. The molecule has 1 aliphatic rings. The van der Waals surface area contributed by atoms with Gasteiger partial charge in [0.05, 0.1) is 39.8 Å². The van der Waals surface area contributed by atoms with Gasteiger partial charge in [-0.05, 0) is 44.5 Å². The van der Waals surface area contributed by atoms with E-state index >= 15 is 0 Å². The molecule has 1 aliphatic heterocycles. The molecule has 182 valence electrons. The summed E-state index contributed by atoms with van der Waals surface area (Å²) in [7, 11) is 0. The molecule has 1 atom stereocenters. The maximum absolute atomic E-state index is 13.8. The van der Waals surface area contributed by atoms with Crippen molar-refractivity contribution in [2.75, 3.05) is 6.61 Å². The van der Waals surface area contributed by atoms with Crippen molar-refractivity contribution in [2.24, 2.45) is 4.99 Å². The molecule has 0 spiro atoms. The Morgan fingerprint density at radius 2 is 1.78 bits per heavy atom. The van der Waals surface area contributed by atoms with Crippen LogP contribution >= 0.6 is 22.9 Å². The van der Waals surface area contributed by atoms with Gasteiger partial charge in [-0.3, -0.25) is 9.36 Å². The van der Waals surface area contributed by atoms with Crippen molar-refractivity contribution in [2.45, 2.75) is 26.8 Å². The largest absolute Gasteiger partial charge is 0.463 e. The van der Waals surface area contributed by atoms with E-state index < -0.39 is 12.0 Å². The molecule has 2 aromatic carbocycles. The molecule has 0 N–H and O–H groups in total. The molecule has 3 heterocycles. The predicted octanol–water partition coefficient (Wildman–Crippen LogP) is 3.95. The van der Waals surface area contributed by atoms with E-state index in [4.69, 9.17) is 16.3 Å². The Hall–Kier alpha value is -3.75. The van der Waals surface area contributed by atoms with Crippen LogP contribution in [-0.4, -0.2) is 26.9 Å². The van der Waals surface area contributed by atoms with E-state index in [2.05, 4.69) is 10.1 Å². The standard InChI is InChI=1S/C27H23ClN4O3S/c1-4-35-26(34)22-16(2)29-27-31(23(22)18-11-7-5-8-12-18)25(33)21(36-27)15-20-17(3)32(30-24(20)28)19-13-9-6-10-14-19/h5-15,23H,4H2,1-3H3/b21-15-/t23-/m1/s1. The van der Waals surface area contributed by atoms with Gasteiger partial charge in [0.1, 0.15) is 0 Å². The van der Waals surface area contributed by atoms with E-state index in [1.165, 1.54) is 11.3 Å². The fourth-order valence-corrected chi connectivity index (χ4v) is 5.63. The van der Waals surface area contributed by atoms with Crippen LogP contribution in [0.3, 0.4) is 0 Å². The highest BCUT2D eigenvalue weighted by Crippen LogP contribution is 2.30. The minimum absolute atomic E-state index is 0.227. The maximum Gasteiger partial charge on any atom is 0.338 e. The molecule has 36 heavy (non-hydrogen) atoms. The summed E-state index contributed by atoms with van der Waals surface area (Å²) in [5.74, 6) is -0.482. The van der Waals surface area contributed by atoms with Crippen molar-refractivity contribution >= 4 is 35.0 Å². The number of esters is 1. The highest BCUT2D eigenvalue weighted by atomic mass is 35.5. The molecule has 0 unspecified atom stereocenters. The quantitative estimate of drug-likeness (QED) is 0.375. The average Bonchev–Trinajstić information content (AvgIpc) is 3.34. The number of aromatic nitrogens is 3. The third-order valence-electron chi connectivity index (χ3n) is 6.03. The zero-order valence-electron chi connectivity index (χ0n) is 19.9. The number of para-hydroxylation sites is 1. The zero-order chi connectivity index (χ0) is 25.4. The van der Waals surface area contributed by atoms with Gasteiger partial charge in [-0.2, -0.15) is 5.10 Å². The van der Waals surface area contributed by atoms with Crippen molar-refractivity contribution in [1.29, 1.82) is 0 Å². The Bertz CT molecular complexity index is 1670. The first-order valence-electron chi connectivity index (χ1n) is 11.5. The van der Waals surface area contributed by atoms with Gasteiger partial charge in [-0.1, -0.05) is 71.5 Å². The lowest BCUT2D eigenvalue weighted by molar-refractivity contribution is -0.139. The SMILES string of the molecule is CCOC(=O)C1=C(C)N=c2s/c(=C\c3c(Cl)nn(-c4ccccc4)c3C)c(=O)n2[C@@H]1c1ccccc1. The number of carbonyl (C=O) groups excluding carboxylic acids is 1. The van der Waals surface area contributed by atoms with Crippen LogP contribution in [0.4, 0.5) is 0 Å². The number of rotatable bonds is 5. The topological polar surface area (TPSA) is 78.5 Å². The summed E-state index contributed by atoms with van der Waals surface area (Å²) in [5.41, 5.74) is 3.76. The molecule has 2 aromatic heterocycles. The lowest BCUT2D eigenvalue weighted by atomic mass is 9.96. The summed E-state index contributed by atoms with van der Waals surface area (Å²) in [5, 5.41) is 4.77. The number of nitrogens with zero attached hydrogens (tertiary/aromatic N) is 4. The van der Waals surface area contributed by atoms with Gasteiger partial charge in [0.25, 0.3) is 5.56 Å². The Morgan fingerprint density at radius 1 is 1.11 bits per heavy atom. The van der Waals surface area contributed by atoms with Gasteiger partial charge in [0.15, 0.2) is 9.95 Å². The van der Waals surface area contributed by atoms with Crippen molar-refractivity contribution in [1.82, 2.24) is 14.3 Å². The lowest BCUT2D eigenvalue weighted by Crippen LogP contribution is -2.39.